The van der Waals surface area contributed by atoms with Crippen LogP contribution in [0.3, 0.4) is 0 Å². The van der Waals surface area contributed by atoms with Crippen LogP contribution in [0.4, 0.5) is 23.1 Å². The van der Waals surface area contributed by atoms with Crippen LogP contribution in [0.1, 0.15) is 10.4 Å². The van der Waals surface area contributed by atoms with E-state index < -0.39 is 13.1 Å². The summed E-state index contributed by atoms with van der Waals surface area (Å²) >= 11 is 6.37. The summed E-state index contributed by atoms with van der Waals surface area (Å²) in [7, 11) is -2.55. The molecule has 39 heavy (non-hydrogen) atoms. The van der Waals surface area contributed by atoms with E-state index in [1.165, 1.54) is 18.3 Å². The molecule has 3 aromatic carbocycles. The molecule has 0 amide bonds. The summed E-state index contributed by atoms with van der Waals surface area (Å²) in [5.74, 6) is -0.177. The maximum absolute atomic E-state index is 12.7. The number of halogens is 1. The van der Waals surface area contributed by atoms with Crippen LogP contribution in [0.25, 0.3) is 22.2 Å². The number of fused-ring (bicyclic) bond motifs is 1. The van der Waals surface area contributed by atoms with Crippen molar-refractivity contribution in [3.63, 3.8) is 0 Å². The largest absolute Gasteiger partial charge is 0.369 e. The summed E-state index contributed by atoms with van der Waals surface area (Å²) in [6.07, 6.45) is 1.48. The zero-order valence-corrected chi connectivity index (χ0v) is 22.3. The first-order valence-electron chi connectivity index (χ1n) is 11.6. The summed E-state index contributed by atoms with van der Waals surface area (Å²) in [4.78, 5) is 34.8. The highest BCUT2D eigenvalue weighted by atomic mass is 35.5. The number of anilines is 4. The highest BCUT2D eigenvalue weighted by Gasteiger charge is 2.17. The third-order valence-corrected chi connectivity index (χ3v) is 7.64. The monoisotopic (exact) mass is 561 g/mol. The van der Waals surface area contributed by atoms with E-state index in [4.69, 9.17) is 11.6 Å². The zero-order valence-electron chi connectivity index (χ0n) is 20.7. The molecule has 0 aliphatic rings. The molecule has 0 saturated heterocycles. The fraction of sp³-hybridized carbons (Fsp3) is 0.0769. The van der Waals surface area contributed by atoms with Gasteiger partial charge in [0.05, 0.1) is 28.7 Å². The first-order valence-corrected chi connectivity index (χ1v) is 14.5. The molecular weight excluding hydrogens is 541 g/mol. The second kappa shape index (κ2) is 10.6. The Morgan fingerprint density at radius 2 is 1.82 bits per heavy atom. The molecule has 0 fully saturated rings. The van der Waals surface area contributed by atoms with E-state index >= 15 is 0 Å². The fourth-order valence-electron chi connectivity index (χ4n) is 3.98. The summed E-state index contributed by atoms with van der Waals surface area (Å²) in [5.41, 5.74) is 3.73. The molecule has 2 heterocycles. The number of nitrogens with zero attached hydrogens (tertiary/aromatic N) is 4. The van der Waals surface area contributed by atoms with Crippen molar-refractivity contribution in [3.05, 3.63) is 88.4 Å². The van der Waals surface area contributed by atoms with E-state index in [2.05, 4.69) is 41.0 Å². The van der Waals surface area contributed by atoms with E-state index in [1.54, 1.807) is 25.5 Å². The second-order valence-corrected chi connectivity index (χ2v) is 12.5. The van der Waals surface area contributed by atoms with Gasteiger partial charge in [-0.2, -0.15) is 10.1 Å². The number of nitrogens with one attached hydrogen (secondary N) is 3. The van der Waals surface area contributed by atoms with Gasteiger partial charge in [-0.1, -0.05) is 35.9 Å². The van der Waals surface area contributed by atoms with Gasteiger partial charge in [-0.3, -0.25) is 9.94 Å². The highest BCUT2D eigenvalue weighted by molar-refractivity contribution is 7.70. The zero-order chi connectivity index (χ0) is 27.6. The average Bonchev–Trinajstić information content (AvgIpc) is 3.34. The SMILES string of the molecule is CP(C)(=O)c1ccccc1Nc1nc(Nc2ccc3[nH]nc(-c4ccc(C(=O)ON=O)cc4)c3c2)ncc1Cl. The minimum atomic E-state index is -2.55. The maximum atomic E-state index is 12.7. The molecule has 0 radical (unpaired) electrons. The van der Waals surface area contributed by atoms with E-state index in [9.17, 15) is 14.3 Å². The van der Waals surface area contributed by atoms with E-state index in [0.717, 1.165) is 16.5 Å². The fourth-order valence-corrected chi connectivity index (χ4v) is 5.28. The predicted molar refractivity (Wildman–Crippen MR) is 152 cm³/mol. The Morgan fingerprint density at radius 3 is 2.56 bits per heavy atom. The Balaban J connectivity index is 1.42. The Bertz CT molecular complexity index is 1750. The number of carbonyl (C=O) groups excluding carboxylic acids is 1. The van der Waals surface area contributed by atoms with Gasteiger partial charge in [-0.25, -0.2) is 9.78 Å². The van der Waals surface area contributed by atoms with Gasteiger partial charge >= 0.3 is 5.97 Å². The molecule has 5 aromatic rings. The van der Waals surface area contributed by atoms with Gasteiger partial charge in [0.2, 0.25) is 5.95 Å². The van der Waals surface area contributed by atoms with Crippen molar-refractivity contribution >= 4 is 64.1 Å². The predicted octanol–water partition coefficient (Wildman–Crippen LogP) is 6.25. The number of rotatable bonds is 8. The minimum absolute atomic E-state index is 0.188. The molecule has 5 rings (SSSR count). The van der Waals surface area contributed by atoms with Crippen LogP contribution in [0.5, 0.6) is 0 Å². The molecule has 0 unspecified atom stereocenters. The number of carbonyl (C=O) groups is 1. The van der Waals surface area contributed by atoms with Crippen LogP contribution >= 0.6 is 18.7 Å². The molecule has 0 aliphatic heterocycles. The van der Waals surface area contributed by atoms with Crippen LogP contribution in [-0.4, -0.2) is 39.5 Å². The second-order valence-electron chi connectivity index (χ2n) is 8.87. The average molecular weight is 562 g/mol. The summed E-state index contributed by atoms with van der Waals surface area (Å²) in [5, 5.41) is 17.7. The number of aromatic amines is 1. The Morgan fingerprint density at radius 1 is 1.05 bits per heavy atom. The molecular formula is C26H21ClN7O4P. The first-order chi connectivity index (χ1) is 18.7. The maximum Gasteiger partial charge on any atom is 0.369 e. The molecule has 0 spiro atoms. The Hall–Kier alpha value is -4.60. The summed E-state index contributed by atoms with van der Waals surface area (Å²) < 4.78 is 12.7. The van der Waals surface area contributed by atoms with Gasteiger partial charge in [0, 0.05) is 21.9 Å². The number of hydrogen-bond acceptors (Lipinski definition) is 10. The first kappa shape index (κ1) is 26.0. The summed E-state index contributed by atoms with van der Waals surface area (Å²) in [6.45, 7) is 3.41. The van der Waals surface area contributed by atoms with Gasteiger partial charge in [0.25, 0.3) is 0 Å². The number of benzene rings is 3. The van der Waals surface area contributed by atoms with Gasteiger partial charge in [-0.05, 0) is 55.8 Å². The van der Waals surface area contributed by atoms with Crippen LogP contribution in [0.15, 0.2) is 78.3 Å². The lowest BCUT2D eigenvalue weighted by Gasteiger charge is -2.15. The lowest BCUT2D eigenvalue weighted by molar-refractivity contribution is 0.0508. The normalized spacial score (nSPS) is 11.3. The van der Waals surface area contributed by atoms with Gasteiger partial charge in [0.1, 0.15) is 12.2 Å². The van der Waals surface area contributed by atoms with Crippen LogP contribution < -0.4 is 15.9 Å². The van der Waals surface area contributed by atoms with E-state index in [-0.39, 0.29) is 5.56 Å². The molecule has 0 atom stereocenters. The lowest BCUT2D eigenvalue weighted by atomic mass is 10.1. The van der Waals surface area contributed by atoms with Gasteiger partial charge in [0.15, 0.2) is 11.2 Å². The molecule has 0 aliphatic carbocycles. The van der Waals surface area contributed by atoms with Crippen LogP contribution in [0.2, 0.25) is 5.02 Å². The molecule has 13 heteroatoms. The standard InChI is InChI=1S/C26H21ClN7O4P/c1-39(2,37)22-6-4-3-5-21(22)30-24-19(27)14-28-26(31-24)29-17-11-12-20-18(13-17)23(33-32-20)15-7-9-16(10-8-15)25(35)38-34-36/h3-14H,1-2H3,(H,32,33)(H2,28,29,30,31). The Kier molecular flexibility index (Phi) is 7.10. The molecule has 0 saturated carbocycles. The van der Waals surface area contributed by atoms with Crippen LogP contribution in [-0.2, 0) is 9.40 Å². The van der Waals surface area contributed by atoms with Crippen molar-refractivity contribution < 1.29 is 14.2 Å². The van der Waals surface area contributed by atoms with E-state index in [0.29, 0.717) is 39.2 Å². The Labute approximate surface area is 227 Å². The number of aromatic nitrogens is 4. The van der Waals surface area contributed by atoms with Crippen molar-refractivity contribution in [2.45, 2.75) is 0 Å². The molecule has 196 valence electrons. The van der Waals surface area contributed by atoms with Crippen LogP contribution in [0, 0.1) is 4.91 Å². The number of hydrogen-bond donors (Lipinski definition) is 3. The molecule has 11 nitrogen and oxygen atoms in total. The lowest BCUT2D eigenvalue weighted by Crippen LogP contribution is -2.10. The molecule has 2 aromatic heterocycles. The third-order valence-electron chi connectivity index (χ3n) is 5.81. The number of para-hydroxylation sites is 1. The van der Waals surface area contributed by atoms with Crippen molar-refractivity contribution in [2.24, 2.45) is 5.34 Å². The summed E-state index contributed by atoms with van der Waals surface area (Å²) in [6, 6.07) is 19.4. The van der Waals surface area contributed by atoms with Crippen molar-refractivity contribution in [1.29, 1.82) is 0 Å². The van der Waals surface area contributed by atoms with Crippen molar-refractivity contribution in [3.8, 4) is 11.3 Å². The third kappa shape index (κ3) is 5.64. The topological polar surface area (TPSA) is 151 Å². The molecule has 3 N–H and O–H groups in total. The smallest absolute Gasteiger partial charge is 0.338 e. The minimum Gasteiger partial charge on any atom is -0.338 e. The van der Waals surface area contributed by atoms with Crippen molar-refractivity contribution in [1.82, 2.24) is 20.2 Å². The van der Waals surface area contributed by atoms with Gasteiger partial charge < -0.3 is 15.2 Å². The van der Waals surface area contributed by atoms with E-state index in [1.807, 2.05) is 42.5 Å². The van der Waals surface area contributed by atoms with Gasteiger partial charge in [-0.15, -0.1) is 4.91 Å². The number of H-pyrrole nitrogens is 1. The highest BCUT2D eigenvalue weighted by Crippen LogP contribution is 2.38. The molecule has 0 bridgehead atoms. The van der Waals surface area contributed by atoms with Crippen molar-refractivity contribution in [2.75, 3.05) is 24.0 Å². The quantitative estimate of drug-likeness (QED) is 0.113.